The maximum atomic E-state index is 5.00. The van der Waals surface area contributed by atoms with E-state index in [1.807, 2.05) is 60.1 Å². The first-order valence-electron chi connectivity index (χ1n) is 19.1. The summed E-state index contributed by atoms with van der Waals surface area (Å²) >= 11 is 1.90. The third kappa shape index (κ3) is 4.91. The zero-order valence-corrected chi connectivity index (χ0v) is 31.4. The molecule has 0 radical (unpaired) electrons. The molecule has 266 valence electrons. The SMILES string of the molecule is c1ccc(-n2c3ccccc3c3c4sc5ccc6c7ccccc7n(-c7ccc(-c8cc(-c9ccccn9)nc(-c9ccccn9)c8)cc7)c6c5c4ccc32)cc1. The van der Waals surface area contributed by atoms with Gasteiger partial charge in [0.1, 0.15) is 0 Å². The molecule has 6 heteroatoms. The number of thiophene rings is 1. The number of hydrogen-bond acceptors (Lipinski definition) is 4. The quantitative estimate of drug-likeness (QED) is 0.176. The summed E-state index contributed by atoms with van der Waals surface area (Å²) in [5.41, 5.74) is 12.6. The normalized spacial score (nSPS) is 11.9. The standard InChI is InChI=1S/C51H31N5S/c1-2-12-34(13-3-1)55-45-19-7-5-15-38(45)48-46(55)26-24-39-49-47(57-51(39)48)27-25-37-36-14-4-6-18-44(36)56(50(37)49)35-22-20-32(21-23-35)33-30-42(40-16-8-10-28-52-40)54-43(31-33)41-17-9-11-29-53-41/h1-31H. The maximum absolute atomic E-state index is 5.00. The second-order valence-corrected chi connectivity index (χ2v) is 15.5. The number of para-hydroxylation sites is 3. The Morgan fingerprint density at radius 2 is 1.00 bits per heavy atom. The van der Waals surface area contributed by atoms with Gasteiger partial charge in [-0.3, -0.25) is 9.97 Å². The molecule has 6 aromatic carbocycles. The van der Waals surface area contributed by atoms with Crippen molar-refractivity contribution in [1.82, 2.24) is 24.1 Å². The molecule has 0 unspecified atom stereocenters. The molecule has 0 saturated heterocycles. The van der Waals surface area contributed by atoms with E-state index in [-0.39, 0.29) is 0 Å². The Balaban J connectivity index is 1.08. The monoisotopic (exact) mass is 745 g/mol. The number of aromatic nitrogens is 5. The largest absolute Gasteiger partial charge is 0.309 e. The lowest BCUT2D eigenvalue weighted by molar-refractivity contribution is 1.18. The molecule has 0 aliphatic heterocycles. The predicted molar refractivity (Wildman–Crippen MR) is 238 cm³/mol. The first-order valence-corrected chi connectivity index (χ1v) is 19.9. The van der Waals surface area contributed by atoms with E-state index in [0.717, 1.165) is 39.6 Å². The van der Waals surface area contributed by atoms with Gasteiger partial charge in [0.15, 0.2) is 0 Å². The second kappa shape index (κ2) is 12.6. The Hall–Kier alpha value is -7.41. The van der Waals surface area contributed by atoms with Gasteiger partial charge in [0.2, 0.25) is 0 Å². The smallest absolute Gasteiger partial charge is 0.0900 e. The second-order valence-electron chi connectivity index (χ2n) is 14.4. The van der Waals surface area contributed by atoms with Crippen LogP contribution in [0.3, 0.4) is 0 Å². The minimum Gasteiger partial charge on any atom is -0.309 e. The molecule has 0 bridgehead atoms. The van der Waals surface area contributed by atoms with Gasteiger partial charge in [0, 0.05) is 65.5 Å². The van der Waals surface area contributed by atoms with Crippen LogP contribution in [0.4, 0.5) is 0 Å². The number of fused-ring (bicyclic) bond motifs is 11. The topological polar surface area (TPSA) is 48.5 Å². The summed E-state index contributed by atoms with van der Waals surface area (Å²) in [7, 11) is 0. The van der Waals surface area contributed by atoms with E-state index < -0.39 is 0 Å². The van der Waals surface area contributed by atoms with Crippen LogP contribution >= 0.6 is 11.3 Å². The van der Waals surface area contributed by atoms with Crippen LogP contribution in [0, 0.1) is 0 Å². The fourth-order valence-electron chi connectivity index (χ4n) is 8.74. The van der Waals surface area contributed by atoms with Crippen molar-refractivity contribution < 1.29 is 0 Å². The van der Waals surface area contributed by atoms with Gasteiger partial charge < -0.3 is 9.13 Å². The average Bonchev–Trinajstić information content (AvgIpc) is 3.95. The van der Waals surface area contributed by atoms with E-state index in [1.54, 1.807) is 0 Å². The van der Waals surface area contributed by atoms with E-state index in [0.29, 0.717) is 0 Å². The molecular weight excluding hydrogens is 715 g/mol. The van der Waals surface area contributed by atoms with Gasteiger partial charge in [-0.25, -0.2) is 4.98 Å². The summed E-state index contributed by atoms with van der Waals surface area (Å²) < 4.78 is 7.47. The van der Waals surface area contributed by atoms with Crippen LogP contribution in [0.5, 0.6) is 0 Å². The molecular formula is C51H31N5S. The fraction of sp³-hybridized carbons (Fsp3) is 0. The first kappa shape index (κ1) is 31.9. The van der Waals surface area contributed by atoms with Crippen molar-refractivity contribution >= 4 is 75.1 Å². The summed E-state index contributed by atoms with van der Waals surface area (Å²) in [4.78, 5) is 14.3. The van der Waals surface area contributed by atoms with E-state index >= 15 is 0 Å². The number of pyridine rings is 3. The average molecular weight is 746 g/mol. The highest BCUT2D eigenvalue weighted by molar-refractivity contribution is 7.27. The van der Waals surface area contributed by atoms with Crippen molar-refractivity contribution in [3.63, 3.8) is 0 Å². The summed E-state index contributed by atoms with van der Waals surface area (Å²) in [5, 5.41) is 7.65. The van der Waals surface area contributed by atoms with Crippen molar-refractivity contribution in [3.05, 3.63) is 188 Å². The molecule has 0 aliphatic carbocycles. The molecule has 0 N–H and O–H groups in total. The van der Waals surface area contributed by atoms with Gasteiger partial charge in [-0.2, -0.15) is 0 Å². The Bertz CT molecular complexity index is 3430. The van der Waals surface area contributed by atoms with Gasteiger partial charge >= 0.3 is 0 Å². The lowest BCUT2D eigenvalue weighted by Crippen LogP contribution is -1.95. The van der Waals surface area contributed by atoms with E-state index in [9.17, 15) is 0 Å². The van der Waals surface area contributed by atoms with Crippen LogP contribution in [0.1, 0.15) is 0 Å². The highest BCUT2D eigenvalue weighted by atomic mass is 32.1. The molecule has 57 heavy (non-hydrogen) atoms. The van der Waals surface area contributed by atoms with Crippen molar-refractivity contribution in [2.24, 2.45) is 0 Å². The summed E-state index contributed by atoms with van der Waals surface area (Å²) in [6.45, 7) is 0. The Morgan fingerprint density at radius 1 is 0.386 bits per heavy atom. The van der Waals surface area contributed by atoms with Gasteiger partial charge in [-0.15, -0.1) is 11.3 Å². The van der Waals surface area contributed by atoms with E-state index in [1.165, 1.54) is 69.5 Å². The molecule has 0 spiro atoms. The lowest BCUT2D eigenvalue weighted by Gasteiger charge is -2.12. The Kier molecular flexibility index (Phi) is 7.03. The van der Waals surface area contributed by atoms with Gasteiger partial charge in [0.25, 0.3) is 0 Å². The molecule has 0 aliphatic rings. The molecule has 6 aromatic heterocycles. The van der Waals surface area contributed by atoms with Crippen molar-refractivity contribution in [2.45, 2.75) is 0 Å². The molecule has 12 aromatic rings. The number of benzene rings is 6. The zero-order chi connectivity index (χ0) is 37.5. The van der Waals surface area contributed by atoms with Crippen molar-refractivity contribution in [3.8, 4) is 45.3 Å². The molecule has 0 saturated carbocycles. The molecule has 0 amide bonds. The van der Waals surface area contributed by atoms with Crippen LogP contribution in [-0.4, -0.2) is 24.1 Å². The van der Waals surface area contributed by atoms with Crippen LogP contribution < -0.4 is 0 Å². The molecule has 0 atom stereocenters. The van der Waals surface area contributed by atoms with Gasteiger partial charge in [0.05, 0.1) is 44.8 Å². The molecule has 5 nitrogen and oxygen atoms in total. The summed E-state index contributed by atoms with van der Waals surface area (Å²) in [6, 6.07) is 62.7. The number of nitrogens with zero attached hydrogens (tertiary/aromatic N) is 5. The minimum absolute atomic E-state index is 0.813. The summed E-state index contributed by atoms with van der Waals surface area (Å²) in [6.07, 6.45) is 3.62. The summed E-state index contributed by atoms with van der Waals surface area (Å²) in [5.74, 6) is 0. The van der Waals surface area contributed by atoms with E-state index in [4.69, 9.17) is 4.98 Å². The van der Waals surface area contributed by atoms with Crippen LogP contribution in [0.15, 0.2) is 188 Å². The van der Waals surface area contributed by atoms with Crippen molar-refractivity contribution in [1.29, 1.82) is 0 Å². The van der Waals surface area contributed by atoms with Crippen LogP contribution in [0.25, 0.3) is 109 Å². The molecule has 6 heterocycles. The van der Waals surface area contributed by atoms with Gasteiger partial charge in [-0.1, -0.05) is 91.0 Å². The highest BCUT2D eigenvalue weighted by Gasteiger charge is 2.22. The van der Waals surface area contributed by atoms with E-state index in [2.05, 4.69) is 159 Å². The molecule has 0 fully saturated rings. The maximum Gasteiger partial charge on any atom is 0.0900 e. The first-order chi connectivity index (χ1) is 28.3. The highest BCUT2D eigenvalue weighted by Crippen LogP contribution is 2.47. The lowest BCUT2D eigenvalue weighted by atomic mass is 10.0. The van der Waals surface area contributed by atoms with Crippen LogP contribution in [0.2, 0.25) is 0 Å². The molecule has 12 rings (SSSR count). The predicted octanol–water partition coefficient (Wildman–Crippen LogP) is 13.4. The fourth-order valence-corrected chi connectivity index (χ4v) is 10.0. The third-order valence-electron chi connectivity index (χ3n) is 11.2. The zero-order valence-electron chi connectivity index (χ0n) is 30.5. The van der Waals surface area contributed by atoms with Crippen molar-refractivity contribution in [2.75, 3.05) is 0 Å². The van der Waals surface area contributed by atoms with Gasteiger partial charge in [-0.05, 0) is 96.1 Å². The Morgan fingerprint density at radius 3 is 1.70 bits per heavy atom. The number of rotatable bonds is 5. The third-order valence-corrected chi connectivity index (χ3v) is 12.4. The Labute approximate surface area is 331 Å². The number of hydrogen-bond donors (Lipinski definition) is 0. The van der Waals surface area contributed by atoms with Crippen LogP contribution in [-0.2, 0) is 0 Å². The minimum atomic E-state index is 0.813.